The van der Waals surface area contributed by atoms with Crippen LogP contribution < -0.4 is 11.1 Å². The fourth-order valence-electron chi connectivity index (χ4n) is 1.21. The molecule has 0 fully saturated rings. The molecule has 0 saturated carbocycles. The minimum atomic E-state index is -1.08. The second kappa shape index (κ2) is 4.65. The van der Waals surface area contributed by atoms with E-state index in [4.69, 9.17) is 10.8 Å². The maximum Gasteiger partial charge on any atom is 0.326 e. The molecule has 0 aromatic carbocycles. The third-order valence-electron chi connectivity index (χ3n) is 2.13. The molecule has 0 spiro atoms. The van der Waals surface area contributed by atoms with Gasteiger partial charge in [0, 0.05) is 0 Å². The second-order valence-corrected chi connectivity index (χ2v) is 3.73. The minimum absolute atomic E-state index is 0.116. The fraction of sp³-hybridized carbons (Fsp3) is 0.444. The zero-order valence-corrected chi connectivity index (χ0v) is 9.02. The number of hydrogen-bond donors (Lipinski definition) is 4. The lowest BCUT2D eigenvalue weighted by Crippen LogP contribution is -2.44. The van der Waals surface area contributed by atoms with Crippen molar-refractivity contribution in [2.45, 2.75) is 19.9 Å². The summed E-state index contributed by atoms with van der Waals surface area (Å²) in [6.45, 7) is 3.41. The van der Waals surface area contributed by atoms with E-state index >= 15 is 0 Å². The van der Waals surface area contributed by atoms with Crippen molar-refractivity contribution in [1.82, 2.24) is 15.5 Å². The number of nitrogens with zero attached hydrogens (tertiary/aromatic N) is 1. The normalized spacial score (nSPS) is 12.4. The number of aromatic amines is 1. The molecule has 7 heteroatoms. The highest BCUT2D eigenvalue weighted by Crippen LogP contribution is 2.08. The van der Waals surface area contributed by atoms with Gasteiger partial charge in [-0.05, 0) is 5.92 Å². The van der Waals surface area contributed by atoms with Gasteiger partial charge < -0.3 is 16.2 Å². The highest BCUT2D eigenvalue weighted by Gasteiger charge is 2.25. The Morgan fingerprint density at radius 2 is 2.19 bits per heavy atom. The van der Waals surface area contributed by atoms with E-state index in [9.17, 15) is 9.59 Å². The predicted molar refractivity (Wildman–Crippen MR) is 56.7 cm³/mol. The van der Waals surface area contributed by atoms with Crippen molar-refractivity contribution in [2.75, 3.05) is 5.73 Å². The molecule has 0 radical (unpaired) electrons. The van der Waals surface area contributed by atoms with Gasteiger partial charge in [0.05, 0.1) is 6.20 Å². The van der Waals surface area contributed by atoms with Gasteiger partial charge >= 0.3 is 5.97 Å². The summed E-state index contributed by atoms with van der Waals surface area (Å²) in [6.07, 6.45) is 1.25. The van der Waals surface area contributed by atoms with Crippen LogP contribution in [-0.2, 0) is 4.79 Å². The summed E-state index contributed by atoms with van der Waals surface area (Å²) in [6, 6.07) is -0.943. The number of nitrogen functional groups attached to an aromatic ring is 1. The maximum absolute atomic E-state index is 11.6. The SMILES string of the molecule is CC(C)C(NC(=O)c1cn[nH]c1N)C(=O)O. The average Bonchev–Trinajstić information content (AvgIpc) is 2.59. The third-order valence-corrected chi connectivity index (χ3v) is 2.13. The van der Waals surface area contributed by atoms with Gasteiger partial charge in [0.25, 0.3) is 5.91 Å². The molecule has 1 atom stereocenters. The van der Waals surface area contributed by atoms with Crippen LogP contribution in [0.25, 0.3) is 0 Å². The molecule has 5 N–H and O–H groups in total. The van der Waals surface area contributed by atoms with Gasteiger partial charge in [-0.3, -0.25) is 9.89 Å². The molecule has 1 amide bonds. The van der Waals surface area contributed by atoms with Crippen LogP contribution in [0.5, 0.6) is 0 Å². The molecule has 0 aliphatic heterocycles. The Kier molecular flexibility index (Phi) is 3.49. The Hall–Kier alpha value is -2.05. The van der Waals surface area contributed by atoms with Crippen LogP contribution in [-0.4, -0.2) is 33.2 Å². The van der Waals surface area contributed by atoms with E-state index in [1.54, 1.807) is 13.8 Å². The summed E-state index contributed by atoms with van der Waals surface area (Å²) in [5.74, 6) is -1.72. The summed E-state index contributed by atoms with van der Waals surface area (Å²) >= 11 is 0. The topological polar surface area (TPSA) is 121 Å². The first kappa shape index (κ1) is 12.0. The van der Waals surface area contributed by atoms with Crippen LogP contribution in [0, 0.1) is 5.92 Å². The molecular formula is C9H14N4O3. The smallest absolute Gasteiger partial charge is 0.326 e. The molecular weight excluding hydrogens is 212 g/mol. The van der Waals surface area contributed by atoms with Crippen molar-refractivity contribution in [2.24, 2.45) is 5.92 Å². The van der Waals surface area contributed by atoms with Gasteiger partial charge in [0.1, 0.15) is 17.4 Å². The van der Waals surface area contributed by atoms with Gasteiger partial charge in [0.15, 0.2) is 0 Å². The maximum atomic E-state index is 11.6. The van der Waals surface area contributed by atoms with Crippen molar-refractivity contribution in [3.63, 3.8) is 0 Å². The predicted octanol–water partition coefficient (Wildman–Crippen LogP) is -0.169. The highest BCUT2D eigenvalue weighted by molar-refractivity contribution is 5.99. The Balaban J connectivity index is 2.77. The lowest BCUT2D eigenvalue weighted by Gasteiger charge is -2.17. The number of hydrogen-bond acceptors (Lipinski definition) is 4. The summed E-state index contributed by atoms with van der Waals surface area (Å²) < 4.78 is 0. The van der Waals surface area contributed by atoms with Gasteiger partial charge in [-0.2, -0.15) is 5.10 Å². The zero-order chi connectivity index (χ0) is 12.3. The van der Waals surface area contributed by atoms with Crippen LogP contribution in [0.4, 0.5) is 5.82 Å². The summed E-state index contributed by atoms with van der Waals surface area (Å²) in [7, 11) is 0. The summed E-state index contributed by atoms with van der Waals surface area (Å²) in [4.78, 5) is 22.5. The minimum Gasteiger partial charge on any atom is -0.480 e. The van der Waals surface area contributed by atoms with Crippen molar-refractivity contribution in [3.05, 3.63) is 11.8 Å². The number of aliphatic carboxylic acids is 1. The molecule has 1 unspecified atom stereocenters. The number of rotatable bonds is 4. The number of anilines is 1. The van der Waals surface area contributed by atoms with Gasteiger partial charge in [-0.25, -0.2) is 4.79 Å². The lowest BCUT2D eigenvalue weighted by molar-refractivity contribution is -0.140. The number of amides is 1. The quantitative estimate of drug-likeness (QED) is 0.568. The number of nitrogens with one attached hydrogen (secondary N) is 2. The number of carbonyl (C=O) groups excluding carboxylic acids is 1. The highest BCUT2D eigenvalue weighted by atomic mass is 16.4. The van der Waals surface area contributed by atoms with Crippen molar-refractivity contribution >= 4 is 17.7 Å². The lowest BCUT2D eigenvalue weighted by atomic mass is 10.0. The molecule has 0 saturated heterocycles. The van der Waals surface area contributed by atoms with E-state index in [0.717, 1.165) is 0 Å². The molecule has 1 aromatic rings. The van der Waals surface area contributed by atoms with Gasteiger partial charge in [-0.15, -0.1) is 0 Å². The molecule has 1 aromatic heterocycles. The van der Waals surface area contributed by atoms with E-state index in [-0.39, 0.29) is 17.3 Å². The van der Waals surface area contributed by atoms with Gasteiger partial charge in [-0.1, -0.05) is 13.8 Å². The molecule has 7 nitrogen and oxygen atoms in total. The standard InChI is InChI=1S/C9H14N4O3/c1-4(2)6(9(15)16)12-8(14)5-3-11-13-7(5)10/h3-4,6H,1-2H3,(H,12,14)(H,15,16)(H3,10,11,13). The fourth-order valence-corrected chi connectivity index (χ4v) is 1.21. The van der Waals surface area contributed by atoms with Crippen molar-refractivity contribution in [3.8, 4) is 0 Å². The first-order valence-electron chi connectivity index (χ1n) is 4.76. The first-order valence-corrected chi connectivity index (χ1v) is 4.76. The summed E-state index contributed by atoms with van der Waals surface area (Å²) in [5.41, 5.74) is 5.59. The molecule has 88 valence electrons. The Labute approximate surface area is 92.0 Å². The average molecular weight is 226 g/mol. The molecule has 16 heavy (non-hydrogen) atoms. The van der Waals surface area contributed by atoms with Gasteiger partial charge in [0.2, 0.25) is 0 Å². The molecule has 1 heterocycles. The van der Waals surface area contributed by atoms with E-state index in [1.165, 1.54) is 6.20 Å². The number of carboxylic acids is 1. The third kappa shape index (κ3) is 2.50. The Bertz CT molecular complexity index is 399. The van der Waals surface area contributed by atoms with Crippen LogP contribution in [0.3, 0.4) is 0 Å². The second-order valence-electron chi connectivity index (χ2n) is 3.73. The van der Waals surface area contributed by atoms with E-state index in [0.29, 0.717) is 0 Å². The zero-order valence-electron chi connectivity index (χ0n) is 9.02. The first-order chi connectivity index (χ1) is 7.43. The van der Waals surface area contributed by atoms with Crippen LogP contribution in [0.15, 0.2) is 6.20 Å². The van der Waals surface area contributed by atoms with Crippen LogP contribution in [0.1, 0.15) is 24.2 Å². The number of carbonyl (C=O) groups is 2. The number of aromatic nitrogens is 2. The molecule has 1 rings (SSSR count). The number of nitrogens with two attached hydrogens (primary N) is 1. The molecule has 0 aliphatic rings. The van der Waals surface area contributed by atoms with Crippen LogP contribution in [0.2, 0.25) is 0 Å². The monoisotopic (exact) mass is 226 g/mol. The molecule has 0 bridgehead atoms. The van der Waals surface area contributed by atoms with Crippen molar-refractivity contribution < 1.29 is 14.7 Å². The van der Waals surface area contributed by atoms with Crippen LogP contribution >= 0.6 is 0 Å². The van der Waals surface area contributed by atoms with E-state index < -0.39 is 17.9 Å². The summed E-state index contributed by atoms with van der Waals surface area (Å²) in [5, 5.41) is 17.3. The van der Waals surface area contributed by atoms with Crippen molar-refractivity contribution in [1.29, 1.82) is 0 Å². The number of carboxylic acid groups (broad SMARTS) is 1. The molecule has 0 aliphatic carbocycles. The number of H-pyrrole nitrogens is 1. The van der Waals surface area contributed by atoms with E-state index in [1.807, 2.05) is 0 Å². The van der Waals surface area contributed by atoms with E-state index in [2.05, 4.69) is 15.5 Å². The Morgan fingerprint density at radius 3 is 2.56 bits per heavy atom. The largest absolute Gasteiger partial charge is 0.480 e. The Morgan fingerprint density at radius 1 is 1.56 bits per heavy atom.